The van der Waals surface area contributed by atoms with E-state index in [-0.39, 0.29) is 18.1 Å². The number of rotatable bonds is 8. The van der Waals surface area contributed by atoms with Gasteiger partial charge in [0.2, 0.25) is 5.91 Å². The Morgan fingerprint density at radius 1 is 1.38 bits per heavy atom. The molecule has 1 aromatic carbocycles. The Bertz CT molecular complexity index is 609. The number of carboxylic acids is 1. The average Bonchev–Trinajstić information content (AvgIpc) is 2.48. The van der Waals surface area contributed by atoms with Gasteiger partial charge in [-0.15, -0.1) is 12.4 Å². The van der Waals surface area contributed by atoms with Crippen LogP contribution in [0.5, 0.6) is 0 Å². The number of carbonyl (C=O) groups excluding carboxylic acids is 1. The number of nitro groups is 1. The highest BCUT2D eigenvalue weighted by molar-refractivity contribution is 5.96. The number of carbonyl (C=O) groups is 2. The summed E-state index contributed by atoms with van der Waals surface area (Å²) in [5, 5.41) is 25.3. The molecule has 0 radical (unpaired) electrons. The number of nitrogens with zero attached hydrogens (tertiary/aromatic N) is 1. The fraction of sp³-hybridized carbons (Fsp3) is 0.467. The molecule has 2 atom stereocenters. The Morgan fingerprint density at radius 3 is 2.50 bits per heavy atom. The molecule has 2 unspecified atom stereocenters. The minimum atomic E-state index is -1.02. The van der Waals surface area contributed by atoms with E-state index in [4.69, 9.17) is 5.11 Å². The Balaban J connectivity index is 0.00000529. The zero-order valence-corrected chi connectivity index (χ0v) is 14.6. The number of nitrogens with one attached hydrogen (secondary N) is 2. The monoisotopic (exact) mass is 359 g/mol. The van der Waals surface area contributed by atoms with Gasteiger partial charge in [0.1, 0.15) is 6.04 Å². The van der Waals surface area contributed by atoms with E-state index < -0.39 is 28.9 Å². The zero-order valence-electron chi connectivity index (χ0n) is 13.7. The Labute approximate surface area is 146 Å². The summed E-state index contributed by atoms with van der Waals surface area (Å²) in [7, 11) is 0. The van der Waals surface area contributed by atoms with Crippen LogP contribution in [-0.2, 0) is 9.59 Å². The molecule has 24 heavy (non-hydrogen) atoms. The number of nitro benzene ring substituents is 1. The van der Waals surface area contributed by atoms with Gasteiger partial charge < -0.3 is 10.4 Å². The van der Waals surface area contributed by atoms with Crippen LogP contribution in [0.15, 0.2) is 18.2 Å². The predicted octanol–water partition coefficient (Wildman–Crippen LogP) is 2.49. The molecular weight excluding hydrogens is 338 g/mol. The SMILES string of the molecule is CCCC(NC(C)C(=O)Nc1cccc([N+](=O)[O-])c1C)C(=O)O.Cl. The molecular formula is C15H22ClN3O5. The van der Waals surface area contributed by atoms with Crippen LogP contribution in [0.25, 0.3) is 0 Å². The summed E-state index contributed by atoms with van der Waals surface area (Å²) in [4.78, 5) is 33.7. The van der Waals surface area contributed by atoms with Crippen molar-refractivity contribution >= 4 is 35.7 Å². The number of benzene rings is 1. The van der Waals surface area contributed by atoms with Crippen molar-refractivity contribution in [3.63, 3.8) is 0 Å². The van der Waals surface area contributed by atoms with Gasteiger partial charge in [-0.1, -0.05) is 19.4 Å². The van der Waals surface area contributed by atoms with Crippen molar-refractivity contribution in [3.8, 4) is 0 Å². The molecule has 0 spiro atoms. The van der Waals surface area contributed by atoms with Gasteiger partial charge >= 0.3 is 5.97 Å². The van der Waals surface area contributed by atoms with Crippen molar-refractivity contribution in [2.75, 3.05) is 5.32 Å². The standard InChI is InChI=1S/C15H21N3O5.ClH/c1-4-6-12(15(20)21)16-10(3)14(19)17-11-7-5-8-13(9(11)2)18(22)23;/h5,7-8,10,12,16H,4,6H2,1-3H3,(H,17,19)(H,20,21);1H. The van der Waals surface area contributed by atoms with Gasteiger partial charge in [-0.05, 0) is 26.3 Å². The smallest absolute Gasteiger partial charge is 0.320 e. The van der Waals surface area contributed by atoms with Crippen molar-refractivity contribution in [1.29, 1.82) is 0 Å². The normalized spacial score (nSPS) is 12.6. The Morgan fingerprint density at radius 2 is 2.00 bits per heavy atom. The predicted molar refractivity (Wildman–Crippen MR) is 92.6 cm³/mol. The van der Waals surface area contributed by atoms with E-state index in [2.05, 4.69) is 10.6 Å². The van der Waals surface area contributed by atoms with Gasteiger partial charge in [0.15, 0.2) is 0 Å². The molecule has 0 bridgehead atoms. The first kappa shape index (κ1) is 21.8. The highest BCUT2D eigenvalue weighted by Gasteiger charge is 2.23. The summed E-state index contributed by atoms with van der Waals surface area (Å²) in [6.45, 7) is 4.95. The average molecular weight is 360 g/mol. The van der Waals surface area contributed by atoms with Gasteiger partial charge in [0.05, 0.1) is 22.2 Å². The van der Waals surface area contributed by atoms with E-state index in [0.717, 1.165) is 0 Å². The number of halogens is 1. The van der Waals surface area contributed by atoms with Gasteiger partial charge in [-0.25, -0.2) is 0 Å². The number of hydrogen-bond donors (Lipinski definition) is 3. The van der Waals surface area contributed by atoms with Crippen LogP contribution < -0.4 is 10.6 Å². The van der Waals surface area contributed by atoms with E-state index in [1.807, 2.05) is 6.92 Å². The summed E-state index contributed by atoms with van der Waals surface area (Å²) in [6.07, 6.45) is 1.07. The van der Waals surface area contributed by atoms with Crippen LogP contribution >= 0.6 is 12.4 Å². The molecule has 0 saturated carbocycles. The summed E-state index contributed by atoms with van der Waals surface area (Å²) < 4.78 is 0. The number of carboxylic acid groups (broad SMARTS) is 1. The summed E-state index contributed by atoms with van der Waals surface area (Å²) >= 11 is 0. The molecule has 0 aromatic heterocycles. The second-order valence-corrected chi connectivity index (χ2v) is 5.26. The summed E-state index contributed by atoms with van der Waals surface area (Å²) in [5.41, 5.74) is 0.597. The maximum atomic E-state index is 12.2. The molecule has 0 saturated heterocycles. The lowest BCUT2D eigenvalue weighted by Gasteiger charge is -2.19. The Kier molecular flexibility index (Phi) is 8.94. The first-order valence-corrected chi connectivity index (χ1v) is 7.31. The minimum Gasteiger partial charge on any atom is -0.480 e. The van der Waals surface area contributed by atoms with Gasteiger partial charge in [0, 0.05) is 6.07 Å². The van der Waals surface area contributed by atoms with Crippen LogP contribution in [0.4, 0.5) is 11.4 Å². The van der Waals surface area contributed by atoms with E-state index in [1.165, 1.54) is 12.1 Å². The zero-order chi connectivity index (χ0) is 17.6. The fourth-order valence-corrected chi connectivity index (χ4v) is 2.14. The lowest BCUT2D eigenvalue weighted by molar-refractivity contribution is -0.385. The fourth-order valence-electron chi connectivity index (χ4n) is 2.14. The molecule has 0 fully saturated rings. The van der Waals surface area contributed by atoms with E-state index in [0.29, 0.717) is 24.1 Å². The highest BCUT2D eigenvalue weighted by Crippen LogP contribution is 2.25. The van der Waals surface area contributed by atoms with Crippen LogP contribution in [0, 0.1) is 17.0 Å². The topological polar surface area (TPSA) is 122 Å². The number of anilines is 1. The molecule has 134 valence electrons. The first-order chi connectivity index (χ1) is 10.8. The molecule has 0 aliphatic heterocycles. The second-order valence-electron chi connectivity index (χ2n) is 5.26. The lowest BCUT2D eigenvalue weighted by atomic mass is 10.1. The second kappa shape index (κ2) is 9.84. The van der Waals surface area contributed by atoms with Crippen molar-refractivity contribution in [3.05, 3.63) is 33.9 Å². The lowest BCUT2D eigenvalue weighted by Crippen LogP contribution is -2.47. The van der Waals surface area contributed by atoms with Crippen molar-refractivity contribution < 1.29 is 19.6 Å². The molecule has 0 heterocycles. The number of amides is 1. The number of hydrogen-bond acceptors (Lipinski definition) is 5. The Hall–Kier alpha value is -2.19. The van der Waals surface area contributed by atoms with Crippen LogP contribution in [0.2, 0.25) is 0 Å². The maximum absolute atomic E-state index is 12.2. The van der Waals surface area contributed by atoms with Crippen LogP contribution in [0.1, 0.15) is 32.3 Å². The van der Waals surface area contributed by atoms with Crippen LogP contribution in [-0.4, -0.2) is 34.0 Å². The maximum Gasteiger partial charge on any atom is 0.320 e. The molecule has 1 aromatic rings. The summed E-state index contributed by atoms with van der Waals surface area (Å²) in [5.74, 6) is -1.46. The van der Waals surface area contributed by atoms with Crippen LogP contribution in [0.3, 0.4) is 0 Å². The third-order valence-electron chi connectivity index (χ3n) is 3.48. The molecule has 0 aliphatic carbocycles. The van der Waals surface area contributed by atoms with Crippen molar-refractivity contribution in [1.82, 2.24) is 5.32 Å². The molecule has 0 aliphatic rings. The van der Waals surface area contributed by atoms with Crippen molar-refractivity contribution in [2.24, 2.45) is 0 Å². The third kappa shape index (κ3) is 5.78. The molecule has 3 N–H and O–H groups in total. The van der Waals surface area contributed by atoms with E-state index in [9.17, 15) is 19.7 Å². The van der Waals surface area contributed by atoms with Gasteiger partial charge in [0.25, 0.3) is 5.69 Å². The van der Waals surface area contributed by atoms with Crippen molar-refractivity contribution in [2.45, 2.75) is 45.7 Å². The first-order valence-electron chi connectivity index (χ1n) is 7.31. The van der Waals surface area contributed by atoms with E-state index in [1.54, 1.807) is 19.9 Å². The minimum absolute atomic E-state index is 0. The third-order valence-corrected chi connectivity index (χ3v) is 3.48. The highest BCUT2D eigenvalue weighted by atomic mass is 35.5. The number of aliphatic carboxylic acids is 1. The molecule has 8 nitrogen and oxygen atoms in total. The summed E-state index contributed by atoms with van der Waals surface area (Å²) in [6, 6.07) is 2.84. The van der Waals surface area contributed by atoms with Gasteiger partial charge in [-0.3, -0.25) is 25.0 Å². The van der Waals surface area contributed by atoms with E-state index >= 15 is 0 Å². The van der Waals surface area contributed by atoms with Gasteiger partial charge in [-0.2, -0.15) is 0 Å². The molecule has 1 rings (SSSR count). The molecule has 1 amide bonds. The quantitative estimate of drug-likeness (QED) is 0.484. The molecule has 9 heteroatoms. The largest absolute Gasteiger partial charge is 0.480 e.